The molecule has 4 nitrogen and oxygen atoms in total. The van der Waals surface area contributed by atoms with E-state index in [1.165, 1.54) is 0 Å². The summed E-state index contributed by atoms with van der Waals surface area (Å²) in [5.41, 5.74) is 5.52. The number of fused-ring (bicyclic) bond motifs is 2. The molecule has 0 radical (unpaired) electrons. The van der Waals surface area contributed by atoms with E-state index in [-0.39, 0.29) is 17.1 Å². The second-order valence-corrected chi connectivity index (χ2v) is 10.9. The average molecular weight is 607 g/mol. The third-order valence-electron chi connectivity index (χ3n) is 6.06. The molecule has 35 heavy (non-hydrogen) atoms. The Hall–Kier alpha value is -3.07. The molecule has 1 aliphatic rings. The summed E-state index contributed by atoms with van der Waals surface area (Å²) in [5.74, 6) is -0.467. The number of halogens is 2. The van der Waals surface area contributed by atoms with E-state index in [4.69, 9.17) is 16.6 Å². The molecule has 0 saturated heterocycles. The highest BCUT2D eigenvalue weighted by atomic mass is 127. The van der Waals surface area contributed by atoms with Crippen LogP contribution >= 0.6 is 45.5 Å². The largest absolute Gasteiger partial charge is 0.294 e. The second-order valence-electron chi connectivity index (χ2n) is 8.32. The highest BCUT2D eigenvalue weighted by Crippen LogP contribution is 2.37. The number of nitrogens with zero attached hydrogens (tertiary/aromatic N) is 2. The summed E-state index contributed by atoms with van der Waals surface area (Å²) < 4.78 is 3.93. The minimum atomic E-state index is -0.234. The van der Waals surface area contributed by atoms with Gasteiger partial charge in [0.05, 0.1) is 16.0 Å². The molecule has 0 bridgehead atoms. The maximum atomic E-state index is 13.2. The van der Waals surface area contributed by atoms with Crippen LogP contribution in [0.4, 0.5) is 0 Å². The number of thiazole rings is 1. The van der Waals surface area contributed by atoms with Crippen molar-refractivity contribution in [2.24, 2.45) is 0 Å². The zero-order valence-corrected chi connectivity index (χ0v) is 22.1. The van der Waals surface area contributed by atoms with Crippen molar-refractivity contribution in [1.82, 2.24) is 9.55 Å². The van der Waals surface area contributed by atoms with Gasteiger partial charge in [0.25, 0.3) is 0 Å². The van der Waals surface area contributed by atoms with Gasteiger partial charge in [-0.05, 0) is 83.6 Å². The number of ketones is 2. The molecule has 1 aliphatic carbocycles. The van der Waals surface area contributed by atoms with E-state index in [0.29, 0.717) is 16.1 Å². The fourth-order valence-corrected chi connectivity index (χ4v) is 5.89. The summed E-state index contributed by atoms with van der Waals surface area (Å²) in [7, 11) is 0. The quantitative estimate of drug-likeness (QED) is 0.120. The first-order valence-electron chi connectivity index (χ1n) is 10.9. The minimum Gasteiger partial charge on any atom is -0.294 e. The molecule has 2 aromatic heterocycles. The monoisotopic (exact) mass is 606 g/mol. The van der Waals surface area contributed by atoms with Gasteiger partial charge in [-0.2, -0.15) is 0 Å². The van der Waals surface area contributed by atoms with Crippen molar-refractivity contribution < 1.29 is 9.59 Å². The lowest BCUT2D eigenvalue weighted by atomic mass is 10.1. The maximum Gasteiger partial charge on any atom is 0.197 e. The molecule has 2 heterocycles. The van der Waals surface area contributed by atoms with E-state index in [9.17, 15) is 9.59 Å². The molecule has 0 N–H and O–H groups in total. The standard InChI is InChI=1S/C28H16ClIN2O2S/c1-15-11-20-21(14-23(15)30)26(34)22(25(20)33)12-19-13-24-27(32(19)18-5-3-2-4-6-18)31-28(35-24)16-7-9-17(29)10-8-16/h2-14H,1H3/b22-12+. The smallest absolute Gasteiger partial charge is 0.197 e. The summed E-state index contributed by atoms with van der Waals surface area (Å²) in [4.78, 5) is 31.4. The van der Waals surface area contributed by atoms with Crippen LogP contribution in [0.25, 0.3) is 32.7 Å². The van der Waals surface area contributed by atoms with E-state index in [1.807, 2.05) is 78.2 Å². The minimum absolute atomic E-state index is 0.182. The number of hydrogen-bond acceptors (Lipinski definition) is 4. The average Bonchev–Trinajstić information content (AvgIpc) is 3.47. The molecular formula is C28H16ClIN2O2S. The maximum absolute atomic E-state index is 13.2. The second kappa shape index (κ2) is 8.55. The van der Waals surface area contributed by atoms with E-state index in [0.717, 1.165) is 41.4 Å². The summed E-state index contributed by atoms with van der Waals surface area (Å²) in [6, 6.07) is 23.0. The molecule has 0 fully saturated rings. The lowest BCUT2D eigenvalue weighted by Crippen LogP contribution is -2.03. The topological polar surface area (TPSA) is 52.0 Å². The zero-order valence-electron chi connectivity index (χ0n) is 18.4. The fraction of sp³-hybridized carbons (Fsp3) is 0.0357. The number of Topliss-reactive ketones (excluding diaryl/α,β-unsaturated/α-hetero) is 2. The molecule has 0 saturated carbocycles. The van der Waals surface area contributed by atoms with E-state index < -0.39 is 0 Å². The Kier molecular flexibility index (Phi) is 5.47. The number of carbonyl (C=O) groups is 2. The van der Waals surface area contributed by atoms with Crippen molar-refractivity contribution in [2.45, 2.75) is 6.92 Å². The van der Waals surface area contributed by atoms with Crippen LogP contribution in [0.1, 0.15) is 32.0 Å². The third-order valence-corrected chi connectivity index (χ3v) is 8.51. The van der Waals surface area contributed by atoms with Crippen molar-refractivity contribution in [3.05, 3.63) is 109 Å². The lowest BCUT2D eigenvalue weighted by molar-refractivity contribution is 0.0990. The first-order valence-corrected chi connectivity index (χ1v) is 13.1. The van der Waals surface area contributed by atoms with E-state index in [2.05, 4.69) is 22.6 Å². The van der Waals surface area contributed by atoms with Gasteiger partial charge >= 0.3 is 0 Å². The number of aryl methyl sites for hydroxylation is 1. The van der Waals surface area contributed by atoms with E-state index in [1.54, 1.807) is 23.5 Å². The van der Waals surface area contributed by atoms with Crippen LogP contribution in [-0.4, -0.2) is 21.1 Å². The third kappa shape index (κ3) is 3.76. The van der Waals surface area contributed by atoms with Gasteiger partial charge in [0, 0.05) is 31.0 Å². The van der Waals surface area contributed by atoms with Crippen LogP contribution in [0.5, 0.6) is 0 Å². The van der Waals surface area contributed by atoms with Crippen molar-refractivity contribution >= 4 is 73.5 Å². The Bertz CT molecular complexity index is 1660. The highest BCUT2D eigenvalue weighted by molar-refractivity contribution is 14.1. The predicted molar refractivity (Wildman–Crippen MR) is 150 cm³/mol. The molecule has 0 amide bonds. The number of para-hydroxylation sites is 1. The normalized spacial score (nSPS) is 14.3. The SMILES string of the molecule is Cc1cc2c(cc1I)C(=O)/C(=C/c1cc3sc(-c4ccc(Cl)cc4)nc3n1-c1ccccc1)C2=O. The van der Waals surface area contributed by atoms with Gasteiger partial charge in [-0.3, -0.25) is 14.2 Å². The van der Waals surface area contributed by atoms with Crippen LogP contribution in [0.3, 0.4) is 0 Å². The molecule has 6 rings (SSSR count). The van der Waals surface area contributed by atoms with Gasteiger partial charge in [0.2, 0.25) is 0 Å². The summed E-state index contributed by atoms with van der Waals surface area (Å²) in [5, 5.41) is 1.55. The number of hydrogen-bond donors (Lipinski definition) is 0. The molecule has 3 aromatic carbocycles. The first kappa shape index (κ1) is 22.4. The van der Waals surface area contributed by atoms with Gasteiger partial charge < -0.3 is 0 Å². The molecular weight excluding hydrogens is 591 g/mol. The molecule has 0 atom stereocenters. The van der Waals surface area contributed by atoms with Crippen LogP contribution in [0, 0.1) is 10.5 Å². The van der Waals surface area contributed by atoms with Gasteiger partial charge in [0.15, 0.2) is 17.2 Å². The van der Waals surface area contributed by atoms with Crippen LogP contribution in [0.15, 0.2) is 78.4 Å². The number of rotatable bonds is 3. The van der Waals surface area contributed by atoms with Gasteiger partial charge in [-0.25, -0.2) is 4.98 Å². The number of allylic oxidation sites excluding steroid dienone is 1. The number of benzene rings is 3. The number of aromatic nitrogens is 2. The predicted octanol–water partition coefficient (Wildman–Crippen LogP) is 7.78. The Labute approximate surface area is 224 Å². The van der Waals surface area contributed by atoms with Crippen LogP contribution in [0.2, 0.25) is 5.02 Å². The van der Waals surface area contributed by atoms with Crippen LogP contribution < -0.4 is 0 Å². The van der Waals surface area contributed by atoms with Gasteiger partial charge in [-0.1, -0.05) is 41.9 Å². The van der Waals surface area contributed by atoms with Gasteiger partial charge in [-0.15, -0.1) is 11.3 Å². The Morgan fingerprint density at radius 2 is 1.63 bits per heavy atom. The molecule has 170 valence electrons. The molecule has 5 aromatic rings. The first-order chi connectivity index (χ1) is 16.9. The summed E-state index contributed by atoms with van der Waals surface area (Å²) in [6.45, 7) is 1.94. The van der Waals surface area contributed by atoms with Crippen LogP contribution in [-0.2, 0) is 0 Å². The lowest BCUT2D eigenvalue weighted by Gasteiger charge is -2.08. The van der Waals surface area contributed by atoms with Crippen molar-refractivity contribution in [2.75, 3.05) is 0 Å². The Morgan fingerprint density at radius 1 is 0.943 bits per heavy atom. The van der Waals surface area contributed by atoms with Gasteiger partial charge in [0.1, 0.15) is 5.01 Å². The summed E-state index contributed by atoms with van der Waals surface area (Å²) in [6.07, 6.45) is 1.70. The zero-order chi connectivity index (χ0) is 24.3. The molecule has 0 aliphatic heterocycles. The molecule has 7 heteroatoms. The number of carbonyl (C=O) groups excluding carboxylic acids is 2. The van der Waals surface area contributed by atoms with Crippen molar-refractivity contribution in [3.8, 4) is 16.3 Å². The van der Waals surface area contributed by atoms with Crippen molar-refractivity contribution in [3.63, 3.8) is 0 Å². The molecule has 0 unspecified atom stereocenters. The van der Waals surface area contributed by atoms with Crippen molar-refractivity contribution in [1.29, 1.82) is 0 Å². The summed E-state index contributed by atoms with van der Waals surface area (Å²) >= 11 is 9.81. The Morgan fingerprint density at radius 3 is 2.34 bits per heavy atom. The fourth-order valence-electron chi connectivity index (χ4n) is 4.30. The Balaban J connectivity index is 1.52. The molecule has 0 spiro atoms. The highest BCUT2D eigenvalue weighted by Gasteiger charge is 2.34. The van der Waals surface area contributed by atoms with E-state index >= 15 is 0 Å².